The molecule has 6 heteroatoms. The first-order valence-electron chi connectivity index (χ1n) is 5.41. The zero-order chi connectivity index (χ0) is 12.4. The van der Waals surface area contributed by atoms with Gasteiger partial charge in [-0.15, -0.1) is 0 Å². The van der Waals surface area contributed by atoms with Gasteiger partial charge >= 0.3 is 6.18 Å². The van der Waals surface area contributed by atoms with Crippen LogP contribution in [-0.4, -0.2) is 31.0 Å². The van der Waals surface area contributed by atoms with Gasteiger partial charge in [-0.05, 0) is 25.7 Å². The van der Waals surface area contributed by atoms with Gasteiger partial charge in [-0.1, -0.05) is 0 Å². The van der Waals surface area contributed by atoms with Gasteiger partial charge in [0.25, 0.3) is 0 Å². The van der Waals surface area contributed by atoms with E-state index in [1.807, 2.05) is 0 Å². The minimum absolute atomic E-state index is 0.0727. The molecule has 0 bridgehead atoms. The highest BCUT2D eigenvalue weighted by molar-refractivity contribution is 4.94. The number of rotatable bonds is 3. The summed E-state index contributed by atoms with van der Waals surface area (Å²) in [7, 11) is 1.07. The van der Waals surface area contributed by atoms with Crippen molar-refractivity contribution < 1.29 is 17.9 Å². The number of halogens is 3. The summed E-state index contributed by atoms with van der Waals surface area (Å²) in [5.41, 5.74) is 10.9. The quantitative estimate of drug-likeness (QED) is 0.786. The maximum absolute atomic E-state index is 12.5. The van der Waals surface area contributed by atoms with E-state index >= 15 is 0 Å². The fraction of sp³-hybridized carbons (Fsp3) is 1.00. The third-order valence-corrected chi connectivity index (χ3v) is 3.27. The summed E-state index contributed by atoms with van der Waals surface area (Å²) in [5.74, 6) is 0. The van der Waals surface area contributed by atoms with Crippen molar-refractivity contribution in [3.8, 4) is 0 Å². The second kappa shape index (κ2) is 4.89. The lowest BCUT2D eigenvalue weighted by Gasteiger charge is -2.38. The van der Waals surface area contributed by atoms with Gasteiger partial charge in [-0.25, -0.2) is 0 Å². The molecule has 96 valence electrons. The van der Waals surface area contributed by atoms with Gasteiger partial charge in [0.15, 0.2) is 6.10 Å². The molecule has 0 aromatic carbocycles. The molecule has 1 aliphatic rings. The minimum Gasteiger partial charge on any atom is -0.372 e. The molecule has 1 fully saturated rings. The van der Waals surface area contributed by atoms with Crippen LogP contribution >= 0.6 is 0 Å². The summed E-state index contributed by atoms with van der Waals surface area (Å²) >= 11 is 0. The molecule has 3 nitrogen and oxygen atoms in total. The topological polar surface area (TPSA) is 61.3 Å². The van der Waals surface area contributed by atoms with E-state index in [4.69, 9.17) is 11.5 Å². The molecule has 1 atom stereocenters. The van der Waals surface area contributed by atoms with Crippen molar-refractivity contribution in [2.75, 3.05) is 7.11 Å². The molecule has 1 rings (SSSR count). The van der Waals surface area contributed by atoms with Crippen LogP contribution in [0.15, 0.2) is 0 Å². The van der Waals surface area contributed by atoms with Crippen LogP contribution in [0.4, 0.5) is 13.2 Å². The van der Waals surface area contributed by atoms with Gasteiger partial charge in [0.2, 0.25) is 0 Å². The Morgan fingerprint density at radius 1 is 1.38 bits per heavy atom. The van der Waals surface area contributed by atoms with E-state index in [2.05, 4.69) is 4.74 Å². The third kappa shape index (κ3) is 3.61. The lowest BCUT2D eigenvalue weighted by Crippen LogP contribution is -2.50. The Morgan fingerprint density at radius 3 is 2.25 bits per heavy atom. The standard InChI is InChI=1S/C10H19F3N2O/c1-16-8(10(11,12)13)6-9(15)4-2-7(14)3-5-9/h7-8H,2-6,14-15H2,1H3/t7?,8-,9?/m1/s1. The summed E-state index contributed by atoms with van der Waals surface area (Å²) in [5, 5.41) is 0. The number of alkyl halides is 3. The SMILES string of the molecule is CO[C@H](CC1(N)CCC(N)CC1)C(F)(F)F. The van der Waals surface area contributed by atoms with Crippen LogP contribution in [0.25, 0.3) is 0 Å². The van der Waals surface area contributed by atoms with Crippen LogP contribution in [0.3, 0.4) is 0 Å². The van der Waals surface area contributed by atoms with Crippen LogP contribution in [0.5, 0.6) is 0 Å². The van der Waals surface area contributed by atoms with Crippen LogP contribution in [0.1, 0.15) is 32.1 Å². The second-order valence-electron chi connectivity index (χ2n) is 4.67. The zero-order valence-electron chi connectivity index (χ0n) is 9.39. The van der Waals surface area contributed by atoms with Crippen molar-refractivity contribution in [1.29, 1.82) is 0 Å². The van der Waals surface area contributed by atoms with Crippen molar-refractivity contribution in [3.63, 3.8) is 0 Å². The smallest absolute Gasteiger partial charge is 0.372 e. The molecule has 4 N–H and O–H groups in total. The highest BCUT2D eigenvalue weighted by Gasteiger charge is 2.45. The van der Waals surface area contributed by atoms with E-state index in [0.29, 0.717) is 25.7 Å². The lowest BCUT2D eigenvalue weighted by molar-refractivity contribution is -0.219. The monoisotopic (exact) mass is 240 g/mol. The maximum atomic E-state index is 12.5. The minimum atomic E-state index is -4.35. The summed E-state index contributed by atoms with van der Waals surface area (Å²) in [4.78, 5) is 0. The molecule has 0 aromatic heterocycles. The van der Waals surface area contributed by atoms with Gasteiger partial charge in [0, 0.05) is 25.1 Å². The van der Waals surface area contributed by atoms with Gasteiger partial charge in [0.1, 0.15) is 0 Å². The molecule has 0 saturated heterocycles. The molecule has 0 aromatic rings. The Kier molecular flexibility index (Phi) is 4.20. The number of hydrogen-bond donors (Lipinski definition) is 2. The Balaban J connectivity index is 2.57. The highest BCUT2D eigenvalue weighted by atomic mass is 19.4. The molecular formula is C10H19F3N2O. The average Bonchev–Trinajstić information content (AvgIpc) is 2.18. The number of ether oxygens (including phenoxy) is 1. The molecule has 0 unspecified atom stereocenters. The summed E-state index contributed by atoms with van der Waals surface area (Å²) in [6.07, 6.45) is -3.86. The molecule has 16 heavy (non-hydrogen) atoms. The predicted octanol–water partition coefficient (Wildman–Crippen LogP) is 1.55. The van der Waals surface area contributed by atoms with Crippen molar-refractivity contribution in [2.24, 2.45) is 11.5 Å². The van der Waals surface area contributed by atoms with Gasteiger partial charge in [-0.3, -0.25) is 0 Å². The van der Waals surface area contributed by atoms with E-state index in [-0.39, 0.29) is 12.5 Å². The zero-order valence-corrected chi connectivity index (χ0v) is 9.39. The van der Waals surface area contributed by atoms with Crippen LogP contribution < -0.4 is 11.5 Å². The number of hydrogen-bond acceptors (Lipinski definition) is 3. The molecule has 0 amide bonds. The largest absolute Gasteiger partial charge is 0.414 e. The third-order valence-electron chi connectivity index (χ3n) is 3.27. The normalized spacial score (nSPS) is 33.8. The molecule has 1 aliphatic carbocycles. The van der Waals surface area contributed by atoms with E-state index < -0.39 is 17.8 Å². The second-order valence-corrected chi connectivity index (χ2v) is 4.67. The highest BCUT2D eigenvalue weighted by Crippen LogP contribution is 2.34. The van der Waals surface area contributed by atoms with Crippen LogP contribution in [0.2, 0.25) is 0 Å². The summed E-state index contributed by atoms with van der Waals surface area (Å²) < 4.78 is 42.0. The maximum Gasteiger partial charge on any atom is 0.414 e. The van der Waals surface area contributed by atoms with E-state index in [1.165, 1.54) is 0 Å². The van der Waals surface area contributed by atoms with Crippen molar-refractivity contribution in [1.82, 2.24) is 0 Å². The predicted molar refractivity (Wildman–Crippen MR) is 54.8 cm³/mol. The van der Waals surface area contributed by atoms with Gasteiger partial charge < -0.3 is 16.2 Å². The average molecular weight is 240 g/mol. The van der Waals surface area contributed by atoms with E-state index in [9.17, 15) is 13.2 Å². The fourth-order valence-corrected chi connectivity index (χ4v) is 2.12. The first-order chi connectivity index (χ1) is 7.27. The first kappa shape index (κ1) is 13.7. The van der Waals surface area contributed by atoms with Crippen LogP contribution in [0, 0.1) is 0 Å². The van der Waals surface area contributed by atoms with Gasteiger partial charge in [-0.2, -0.15) is 13.2 Å². The summed E-state index contributed by atoms with van der Waals surface area (Å²) in [6.45, 7) is 0. The Hall–Kier alpha value is -0.330. The lowest BCUT2D eigenvalue weighted by atomic mass is 9.77. The summed E-state index contributed by atoms with van der Waals surface area (Å²) in [6, 6.07) is 0.0727. The molecule has 1 saturated carbocycles. The number of methoxy groups -OCH3 is 1. The Bertz CT molecular complexity index is 225. The van der Waals surface area contributed by atoms with Crippen molar-refractivity contribution in [2.45, 2.75) is 56.0 Å². The first-order valence-corrected chi connectivity index (χ1v) is 5.41. The van der Waals surface area contributed by atoms with Crippen molar-refractivity contribution >= 4 is 0 Å². The molecule has 0 heterocycles. The Labute approximate surface area is 93.3 Å². The Morgan fingerprint density at radius 2 is 1.88 bits per heavy atom. The fourth-order valence-electron chi connectivity index (χ4n) is 2.12. The van der Waals surface area contributed by atoms with Crippen LogP contribution in [-0.2, 0) is 4.74 Å². The van der Waals surface area contributed by atoms with Crippen molar-refractivity contribution in [3.05, 3.63) is 0 Å². The van der Waals surface area contributed by atoms with Gasteiger partial charge in [0.05, 0.1) is 0 Å². The molecule has 0 radical (unpaired) electrons. The molecule has 0 aliphatic heterocycles. The van der Waals surface area contributed by atoms with E-state index in [1.54, 1.807) is 0 Å². The molecular weight excluding hydrogens is 221 g/mol. The number of nitrogens with two attached hydrogens (primary N) is 2. The van der Waals surface area contributed by atoms with E-state index in [0.717, 1.165) is 7.11 Å². The molecule has 0 spiro atoms.